The number of hydrogen-bond donors (Lipinski definition) is 0. The second kappa shape index (κ2) is 14.2. The van der Waals surface area contributed by atoms with E-state index >= 15 is 0 Å². The van der Waals surface area contributed by atoms with Gasteiger partial charge in [0.15, 0.2) is 0 Å². The van der Waals surface area contributed by atoms with Crippen LogP contribution in [-0.2, 0) is 0 Å². The first-order valence-corrected chi connectivity index (χ1v) is 20.9. The summed E-state index contributed by atoms with van der Waals surface area (Å²) >= 11 is 0. The summed E-state index contributed by atoms with van der Waals surface area (Å²) in [4.78, 5) is 0. The van der Waals surface area contributed by atoms with Crippen molar-refractivity contribution in [1.82, 2.24) is 0 Å². The van der Waals surface area contributed by atoms with Crippen molar-refractivity contribution in [2.24, 2.45) is 0 Å². The Hall–Kier alpha value is -4.25. The third-order valence-corrected chi connectivity index (χ3v) is 13.8. The fourth-order valence-electron chi connectivity index (χ4n) is 8.75. The lowest BCUT2D eigenvalue weighted by Crippen LogP contribution is -2.22. The van der Waals surface area contributed by atoms with Gasteiger partial charge in [0.25, 0.3) is 0 Å². The number of hydrogen-bond acceptors (Lipinski definition) is 0. The van der Waals surface area contributed by atoms with E-state index in [0.29, 0.717) is 16.8 Å². The van der Waals surface area contributed by atoms with Crippen LogP contribution in [0.3, 0.4) is 0 Å². The molecule has 0 heterocycles. The summed E-state index contributed by atoms with van der Waals surface area (Å²) in [6, 6.07) is 32.9. The Bertz CT molecular complexity index is 1980. The van der Waals surface area contributed by atoms with Gasteiger partial charge >= 0.3 is 0 Å². The molecule has 6 aromatic carbocycles. The summed E-state index contributed by atoms with van der Waals surface area (Å²) in [6.07, 6.45) is 0. The molecular formula is C48H50Si2. The Morgan fingerprint density at radius 1 is 0.280 bits per heavy atom. The lowest BCUT2D eigenvalue weighted by Gasteiger charge is -2.20. The molecule has 50 heavy (non-hydrogen) atoms. The second-order valence-electron chi connectivity index (χ2n) is 14.8. The van der Waals surface area contributed by atoms with Crippen molar-refractivity contribution in [3.8, 4) is 44.5 Å². The van der Waals surface area contributed by atoms with Gasteiger partial charge in [-0.25, -0.2) is 0 Å². The Labute approximate surface area is 305 Å². The highest BCUT2D eigenvalue weighted by molar-refractivity contribution is 6.80. The third-order valence-electron chi connectivity index (χ3n) is 10.2. The van der Waals surface area contributed by atoms with Gasteiger partial charge in [-0.05, 0) is 189 Å². The first-order chi connectivity index (χ1) is 23.7. The van der Waals surface area contributed by atoms with Crippen molar-refractivity contribution in [2.45, 2.75) is 83.1 Å². The molecule has 0 nitrogen and oxygen atoms in total. The topological polar surface area (TPSA) is 0 Å². The van der Waals surface area contributed by atoms with Crippen LogP contribution in [0.2, 0.25) is 0 Å². The fraction of sp³-hybridized carbons (Fsp3) is 0.250. The monoisotopic (exact) mass is 682 g/mol. The van der Waals surface area contributed by atoms with Crippen LogP contribution in [0.1, 0.15) is 66.8 Å². The zero-order chi connectivity index (χ0) is 36.0. The Kier molecular flexibility index (Phi) is 10.1. The van der Waals surface area contributed by atoms with Crippen molar-refractivity contribution in [3.63, 3.8) is 0 Å². The van der Waals surface area contributed by atoms with E-state index < -0.39 is 0 Å². The molecule has 0 saturated heterocycles. The predicted octanol–water partition coefficient (Wildman–Crippen LogP) is 11.3. The smallest absolute Gasteiger partial charge is 0.00626 e. The molecule has 0 N–H and O–H groups in total. The predicted molar refractivity (Wildman–Crippen MR) is 222 cm³/mol. The van der Waals surface area contributed by atoms with E-state index in [-0.39, 0.29) is 0 Å². The van der Waals surface area contributed by atoms with E-state index in [9.17, 15) is 0 Å². The maximum Gasteiger partial charge on any atom is 0.00626 e. The quantitative estimate of drug-likeness (QED) is 0.162. The molecule has 0 atom stereocenters. The molecule has 0 bridgehead atoms. The van der Waals surface area contributed by atoms with E-state index in [4.69, 9.17) is 0 Å². The molecule has 0 amide bonds. The van der Waals surface area contributed by atoms with Gasteiger partial charge in [-0.2, -0.15) is 0 Å². The van der Waals surface area contributed by atoms with Crippen molar-refractivity contribution in [1.29, 1.82) is 0 Å². The molecule has 0 saturated carbocycles. The van der Waals surface area contributed by atoms with Crippen LogP contribution in [-0.4, -0.2) is 16.8 Å². The highest BCUT2D eigenvalue weighted by Gasteiger charge is 2.19. The van der Waals surface area contributed by atoms with Gasteiger partial charge in [0, 0.05) is 10.4 Å². The molecule has 0 spiro atoms. The molecule has 0 unspecified atom stereocenters. The SMILES string of the molecule is Cc1cc(C)c(-c2cccc(-c3c(C)cc(C)cc3C)c2[Si]#[Si]c2c(-c3c(C)cc(C)cc3C)cccc2-c2c(C)cc(C)cc2C)c(C)c1. The Balaban J connectivity index is 1.75. The van der Waals surface area contributed by atoms with Crippen molar-refractivity contribution < 1.29 is 0 Å². The van der Waals surface area contributed by atoms with Gasteiger partial charge in [-0.15, -0.1) is 0 Å². The van der Waals surface area contributed by atoms with E-state index in [2.05, 4.69) is 168 Å². The van der Waals surface area contributed by atoms with E-state index in [1.165, 1.54) is 122 Å². The number of benzene rings is 6. The van der Waals surface area contributed by atoms with Gasteiger partial charge in [-0.3, -0.25) is 0 Å². The molecule has 0 aliphatic heterocycles. The average molecular weight is 683 g/mol. The van der Waals surface area contributed by atoms with E-state index in [0.717, 1.165) is 0 Å². The van der Waals surface area contributed by atoms with E-state index in [1.54, 1.807) is 0 Å². The number of rotatable bonds is 4. The normalized spacial score (nSPS) is 11.0. The zero-order valence-corrected chi connectivity index (χ0v) is 34.1. The molecule has 250 valence electrons. The summed E-state index contributed by atoms with van der Waals surface area (Å²) in [7, 11) is 1.21. The van der Waals surface area contributed by atoms with Gasteiger partial charge < -0.3 is 0 Å². The first-order valence-electron chi connectivity index (χ1n) is 17.9. The average Bonchev–Trinajstić information content (AvgIpc) is 2.99. The maximum absolute atomic E-state index is 2.38. The van der Waals surface area contributed by atoms with Gasteiger partial charge in [-0.1, -0.05) is 107 Å². The van der Waals surface area contributed by atoms with Crippen LogP contribution in [0.25, 0.3) is 44.5 Å². The first kappa shape index (κ1) is 35.6. The van der Waals surface area contributed by atoms with Crippen molar-refractivity contribution in [3.05, 3.63) is 152 Å². The minimum Gasteiger partial charge on any atom is -0.0610 e. The molecule has 6 aromatic rings. The molecular weight excluding hydrogens is 633 g/mol. The standard InChI is InChI=1S/C48H50Si2/c1-27-19-31(5)43(32(6)20-27)39-15-13-16-40(44-33(7)21-28(2)22-34(44)8)47(39)49-50-48-41(45-35(9)23-29(3)24-36(45)10)17-14-18-42(48)46-37(11)25-30(4)26-38(46)12/h13-26H,1-12H3. The highest BCUT2D eigenvalue weighted by atomic mass is 28.7. The van der Waals surface area contributed by atoms with Crippen LogP contribution < -0.4 is 10.4 Å². The van der Waals surface area contributed by atoms with E-state index in [1.807, 2.05) is 0 Å². The minimum absolute atomic E-state index is 0.603. The van der Waals surface area contributed by atoms with Crippen molar-refractivity contribution in [2.75, 3.05) is 0 Å². The summed E-state index contributed by atoms with van der Waals surface area (Å²) in [5.74, 6) is 0. The van der Waals surface area contributed by atoms with Crippen LogP contribution in [0.5, 0.6) is 0 Å². The third kappa shape index (κ3) is 6.76. The Morgan fingerprint density at radius 2 is 0.460 bits per heavy atom. The lowest BCUT2D eigenvalue weighted by atomic mass is 9.89. The number of aryl methyl sites for hydroxylation is 12. The lowest BCUT2D eigenvalue weighted by molar-refractivity contribution is 1.31. The molecule has 0 aliphatic rings. The molecule has 0 fully saturated rings. The van der Waals surface area contributed by atoms with Crippen LogP contribution in [0.4, 0.5) is 0 Å². The van der Waals surface area contributed by atoms with Crippen LogP contribution in [0.15, 0.2) is 84.9 Å². The maximum atomic E-state index is 2.38. The van der Waals surface area contributed by atoms with Gasteiger partial charge in [0.2, 0.25) is 0 Å². The summed E-state index contributed by atoms with van der Waals surface area (Å²) in [5.41, 5.74) is 27.2. The van der Waals surface area contributed by atoms with Crippen molar-refractivity contribution >= 4 is 27.2 Å². The minimum atomic E-state index is 0.603. The highest BCUT2D eigenvalue weighted by Crippen LogP contribution is 2.35. The molecule has 2 heteroatoms. The molecule has 6 rings (SSSR count). The fourth-order valence-corrected chi connectivity index (χ4v) is 12.7. The largest absolute Gasteiger partial charge is 0.0610 e. The molecule has 0 aromatic heterocycles. The summed E-state index contributed by atoms with van der Waals surface area (Å²) in [6.45, 7) is 27.2. The van der Waals surface area contributed by atoms with Crippen LogP contribution in [0, 0.1) is 83.1 Å². The second-order valence-corrected chi connectivity index (χ2v) is 17.8. The van der Waals surface area contributed by atoms with Crippen LogP contribution >= 0.6 is 0 Å². The van der Waals surface area contributed by atoms with Gasteiger partial charge in [0.1, 0.15) is 0 Å². The summed E-state index contributed by atoms with van der Waals surface area (Å²) < 4.78 is 0. The van der Waals surface area contributed by atoms with Gasteiger partial charge in [0.05, 0.1) is 0 Å². The summed E-state index contributed by atoms with van der Waals surface area (Å²) in [5, 5.41) is 2.96. The zero-order valence-electron chi connectivity index (χ0n) is 32.1. The Morgan fingerprint density at radius 3 is 0.640 bits per heavy atom. The molecule has 0 aliphatic carbocycles. The molecule has 0 radical (unpaired) electrons.